The Labute approximate surface area is 108 Å². The Morgan fingerprint density at radius 1 is 1.39 bits per heavy atom. The first-order valence-corrected chi connectivity index (χ1v) is 7.62. The Kier molecular flexibility index (Phi) is 2.44. The molecule has 1 heterocycles. The average Bonchev–Trinajstić information content (AvgIpc) is 2.92. The minimum atomic E-state index is -3.32. The summed E-state index contributed by atoms with van der Waals surface area (Å²) in [5.41, 5.74) is 1.14. The molecule has 1 saturated carbocycles. The summed E-state index contributed by atoms with van der Waals surface area (Å²) < 4.78 is 26.5. The number of sulfonamides is 1. The molecule has 0 amide bonds. The van der Waals surface area contributed by atoms with Gasteiger partial charge in [0.2, 0.25) is 10.0 Å². The minimum Gasteiger partial charge on any atom is -0.207 e. The van der Waals surface area contributed by atoms with Crippen molar-refractivity contribution in [2.24, 2.45) is 11.3 Å². The highest BCUT2D eigenvalue weighted by Gasteiger charge is 2.60. The van der Waals surface area contributed by atoms with Crippen molar-refractivity contribution in [3.8, 4) is 0 Å². The van der Waals surface area contributed by atoms with Crippen LogP contribution < -0.4 is 0 Å². The van der Waals surface area contributed by atoms with Gasteiger partial charge in [-0.25, -0.2) is 8.42 Å². The van der Waals surface area contributed by atoms with Crippen LogP contribution in [0, 0.1) is 18.3 Å². The van der Waals surface area contributed by atoms with E-state index in [4.69, 9.17) is 0 Å². The number of hydrogen-bond acceptors (Lipinski definition) is 2. The molecule has 0 N–H and O–H groups in total. The zero-order chi connectivity index (χ0) is 13.0. The molecule has 3 rings (SSSR count). The third kappa shape index (κ3) is 1.63. The largest absolute Gasteiger partial charge is 0.243 e. The highest BCUT2D eigenvalue weighted by atomic mass is 32.2. The van der Waals surface area contributed by atoms with Gasteiger partial charge in [-0.1, -0.05) is 23.8 Å². The Hall–Kier alpha value is -1.13. The molecule has 0 spiro atoms. The monoisotopic (exact) mass is 263 g/mol. The lowest BCUT2D eigenvalue weighted by atomic mass is 10.1. The second kappa shape index (κ2) is 3.68. The molecule has 3 nitrogen and oxygen atoms in total. The summed E-state index contributed by atoms with van der Waals surface area (Å²) in [6.45, 7) is 7.02. The van der Waals surface area contributed by atoms with Crippen molar-refractivity contribution in [3.05, 3.63) is 42.5 Å². The first-order valence-electron chi connectivity index (χ1n) is 6.18. The van der Waals surface area contributed by atoms with E-state index in [0.29, 0.717) is 23.9 Å². The fraction of sp³-hybridized carbons (Fsp3) is 0.429. The van der Waals surface area contributed by atoms with Gasteiger partial charge in [0.15, 0.2) is 0 Å². The van der Waals surface area contributed by atoms with Crippen LogP contribution in [0.4, 0.5) is 0 Å². The lowest BCUT2D eigenvalue weighted by Crippen LogP contribution is -2.31. The highest BCUT2D eigenvalue weighted by molar-refractivity contribution is 7.89. The fourth-order valence-corrected chi connectivity index (χ4v) is 4.40. The van der Waals surface area contributed by atoms with E-state index < -0.39 is 10.0 Å². The summed E-state index contributed by atoms with van der Waals surface area (Å²) in [6, 6.07) is 7.06. The van der Waals surface area contributed by atoms with Crippen LogP contribution in [0.15, 0.2) is 41.8 Å². The van der Waals surface area contributed by atoms with Gasteiger partial charge in [0.1, 0.15) is 0 Å². The summed E-state index contributed by atoms with van der Waals surface area (Å²) in [4.78, 5) is 0.397. The van der Waals surface area contributed by atoms with E-state index in [1.54, 1.807) is 16.4 Å². The van der Waals surface area contributed by atoms with Crippen molar-refractivity contribution in [1.82, 2.24) is 4.31 Å². The smallest absolute Gasteiger partial charge is 0.207 e. The van der Waals surface area contributed by atoms with Gasteiger partial charge in [-0.05, 0) is 31.4 Å². The van der Waals surface area contributed by atoms with Gasteiger partial charge < -0.3 is 0 Å². The fourth-order valence-electron chi connectivity index (χ4n) is 2.84. The van der Waals surface area contributed by atoms with Gasteiger partial charge in [0, 0.05) is 18.5 Å². The van der Waals surface area contributed by atoms with E-state index in [0.717, 1.165) is 12.0 Å². The normalized spacial score (nSPS) is 31.1. The number of rotatable bonds is 3. The maximum absolute atomic E-state index is 12.5. The minimum absolute atomic E-state index is 0.0672. The Morgan fingerprint density at radius 3 is 2.61 bits per heavy atom. The highest BCUT2D eigenvalue weighted by Crippen LogP contribution is 2.59. The third-order valence-corrected chi connectivity index (χ3v) is 6.07. The van der Waals surface area contributed by atoms with E-state index in [1.807, 2.05) is 25.1 Å². The molecular formula is C14H17NO2S. The average molecular weight is 263 g/mol. The van der Waals surface area contributed by atoms with Crippen LogP contribution in [-0.2, 0) is 10.0 Å². The van der Waals surface area contributed by atoms with Crippen molar-refractivity contribution in [2.45, 2.75) is 18.2 Å². The van der Waals surface area contributed by atoms with Crippen LogP contribution in [0.5, 0.6) is 0 Å². The molecule has 1 aromatic rings. The molecule has 0 radical (unpaired) electrons. The van der Waals surface area contributed by atoms with Crippen molar-refractivity contribution < 1.29 is 8.42 Å². The van der Waals surface area contributed by atoms with E-state index in [2.05, 4.69) is 6.58 Å². The molecule has 2 aliphatic rings. The molecular weight excluding hydrogens is 246 g/mol. The van der Waals surface area contributed by atoms with Crippen molar-refractivity contribution in [1.29, 1.82) is 0 Å². The Morgan fingerprint density at radius 2 is 2.06 bits per heavy atom. The molecule has 1 aromatic carbocycles. The van der Waals surface area contributed by atoms with E-state index in [9.17, 15) is 8.42 Å². The zero-order valence-electron chi connectivity index (χ0n) is 10.5. The van der Waals surface area contributed by atoms with Gasteiger partial charge in [0.05, 0.1) is 4.90 Å². The lowest BCUT2D eigenvalue weighted by molar-refractivity contribution is 0.427. The molecule has 0 bridgehead atoms. The van der Waals surface area contributed by atoms with Crippen molar-refractivity contribution >= 4 is 10.0 Å². The second-order valence-electron chi connectivity index (χ2n) is 5.45. The molecule has 2 fully saturated rings. The van der Waals surface area contributed by atoms with Gasteiger partial charge >= 0.3 is 0 Å². The number of aryl methyl sites for hydroxylation is 1. The predicted molar refractivity (Wildman–Crippen MR) is 70.7 cm³/mol. The van der Waals surface area contributed by atoms with Gasteiger partial charge in [-0.15, -0.1) is 6.58 Å². The summed E-state index contributed by atoms with van der Waals surface area (Å²) >= 11 is 0. The topological polar surface area (TPSA) is 37.4 Å². The van der Waals surface area contributed by atoms with E-state index >= 15 is 0 Å². The quantitative estimate of drug-likeness (QED) is 0.784. The van der Waals surface area contributed by atoms with Crippen LogP contribution in [0.2, 0.25) is 0 Å². The maximum atomic E-state index is 12.5. The summed E-state index contributed by atoms with van der Waals surface area (Å²) in [7, 11) is -3.32. The first kappa shape index (κ1) is 11.9. The molecule has 1 aliphatic heterocycles. The van der Waals surface area contributed by atoms with Gasteiger partial charge in [-0.2, -0.15) is 4.31 Å². The van der Waals surface area contributed by atoms with E-state index in [-0.39, 0.29) is 5.41 Å². The summed E-state index contributed by atoms with van der Waals surface area (Å²) in [6.07, 6.45) is 3.03. The molecule has 1 aliphatic carbocycles. The van der Waals surface area contributed by atoms with Crippen LogP contribution in [0.3, 0.4) is 0 Å². The molecule has 2 unspecified atom stereocenters. The van der Waals surface area contributed by atoms with Crippen molar-refractivity contribution in [3.63, 3.8) is 0 Å². The third-order valence-electron chi connectivity index (χ3n) is 4.24. The number of piperidine rings is 1. The molecule has 2 atom stereocenters. The van der Waals surface area contributed by atoms with Crippen LogP contribution in [-0.4, -0.2) is 25.8 Å². The zero-order valence-corrected chi connectivity index (χ0v) is 11.3. The molecule has 4 heteroatoms. The van der Waals surface area contributed by atoms with Gasteiger partial charge in [-0.3, -0.25) is 0 Å². The number of hydrogen-bond donors (Lipinski definition) is 0. The van der Waals surface area contributed by atoms with Gasteiger partial charge in [0.25, 0.3) is 0 Å². The summed E-state index contributed by atoms with van der Waals surface area (Å²) in [5.74, 6) is 0.482. The Bertz CT molecular complexity index is 591. The molecule has 18 heavy (non-hydrogen) atoms. The number of nitrogens with zero attached hydrogens (tertiary/aromatic N) is 1. The second-order valence-corrected chi connectivity index (χ2v) is 7.39. The van der Waals surface area contributed by atoms with E-state index in [1.165, 1.54) is 0 Å². The lowest BCUT2D eigenvalue weighted by Gasteiger charge is -2.19. The molecule has 1 saturated heterocycles. The van der Waals surface area contributed by atoms with Crippen LogP contribution in [0.25, 0.3) is 0 Å². The summed E-state index contributed by atoms with van der Waals surface area (Å²) in [5, 5.41) is 0. The first-order chi connectivity index (χ1) is 8.48. The standard InChI is InChI=1S/C14H17NO2S/c1-3-14-8-12(14)9-15(10-14)18(16,17)13-6-4-11(2)5-7-13/h3-7,12H,1,8-10H2,2H3. The predicted octanol–water partition coefficient (Wildman–Crippen LogP) is 2.19. The van der Waals surface area contributed by atoms with Crippen molar-refractivity contribution in [2.75, 3.05) is 13.1 Å². The number of benzene rings is 1. The van der Waals surface area contributed by atoms with Crippen LogP contribution in [0.1, 0.15) is 12.0 Å². The molecule has 0 aromatic heterocycles. The number of fused-ring (bicyclic) bond motifs is 1. The Balaban J connectivity index is 1.88. The maximum Gasteiger partial charge on any atom is 0.243 e. The molecule has 96 valence electrons. The SMILES string of the molecule is C=CC12CC1CN(S(=O)(=O)c1ccc(C)cc1)C2. The van der Waals surface area contributed by atoms with Crippen LogP contribution >= 0.6 is 0 Å².